The molecule has 0 saturated carbocycles. The molecule has 0 saturated heterocycles. The van der Waals surface area contributed by atoms with Crippen molar-refractivity contribution >= 4 is 15.7 Å². The van der Waals surface area contributed by atoms with Crippen LogP contribution in [0.5, 0.6) is 0 Å². The highest BCUT2D eigenvalue weighted by molar-refractivity contribution is 7.91. The van der Waals surface area contributed by atoms with Crippen molar-refractivity contribution in [2.24, 2.45) is 0 Å². The van der Waals surface area contributed by atoms with E-state index in [0.717, 1.165) is 12.1 Å². The highest BCUT2D eigenvalue weighted by atomic mass is 32.2. The maximum Gasteiger partial charge on any atom is 0.252 e. The largest absolute Gasteiger partial charge is 0.384 e. The summed E-state index contributed by atoms with van der Waals surface area (Å²) in [4.78, 5) is 12.0. The van der Waals surface area contributed by atoms with Gasteiger partial charge in [0.25, 0.3) is 5.91 Å². The molecule has 7 heteroatoms. The number of rotatable bonds is 5. The van der Waals surface area contributed by atoms with E-state index in [4.69, 9.17) is 5.11 Å². The number of carbonyl (C=O) groups excluding carboxylic acids is 1. The van der Waals surface area contributed by atoms with Crippen molar-refractivity contribution in [1.82, 2.24) is 5.32 Å². The lowest BCUT2D eigenvalue weighted by atomic mass is 10.1. The summed E-state index contributed by atoms with van der Waals surface area (Å²) < 4.78 is 35.8. The van der Waals surface area contributed by atoms with Gasteiger partial charge >= 0.3 is 0 Å². The van der Waals surface area contributed by atoms with E-state index in [2.05, 4.69) is 17.2 Å². The number of sulfone groups is 1. The van der Waals surface area contributed by atoms with E-state index in [1.54, 1.807) is 0 Å². The second kappa shape index (κ2) is 7.76. The molecule has 1 aromatic carbocycles. The summed E-state index contributed by atoms with van der Waals surface area (Å²) in [5, 5.41) is 11.1. The summed E-state index contributed by atoms with van der Waals surface area (Å²) in [5.74, 6) is 3.58. The van der Waals surface area contributed by atoms with Gasteiger partial charge in [-0.3, -0.25) is 4.79 Å². The molecule has 1 amide bonds. The van der Waals surface area contributed by atoms with Gasteiger partial charge in [-0.25, -0.2) is 12.8 Å². The van der Waals surface area contributed by atoms with Crippen molar-refractivity contribution < 1.29 is 22.7 Å². The van der Waals surface area contributed by atoms with Gasteiger partial charge in [-0.1, -0.05) is 18.8 Å². The topological polar surface area (TPSA) is 83.5 Å². The zero-order valence-corrected chi connectivity index (χ0v) is 12.3. The van der Waals surface area contributed by atoms with Gasteiger partial charge in [0.15, 0.2) is 9.84 Å². The lowest BCUT2D eigenvalue weighted by molar-refractivity contribution is 0.0956. The van der Waals surface area contributed by atoms with E-state index < -0.39 is 28.2 Å². The first-order valence-corrected chi connectivity index (χ1v) is 8.09. The first kappa shape index (κ1) is 17.1. The maximum absolute atomic E-state index is 13.2. The first-order valence-electron chi connectivity index (χ1n) is 6.27. The molecule has 5 nitrogen and oxygen atoms in total. The number of halogens is 1. The summed E-state index contributed by atoms with van der Waals surface area (Å²) in [7, 11) is -3.16. The Kier molecular flexibility index (Phi) is 6.34. The number of aliphatic hydroxyl groups excluding tert-OH is 1. The number of benzene rings is 1. The SMILES string of the molecule is CCS(=O)(=O)CCNC(=O)c1ccc(F)cc1C#CCO. The lowest BCUT2D eigenvalue weighted by Crippen LogP contribution is -2.30. The summed E-state index contributed by atoms with van der Waals surface area (Å²) in [6, 6.07) is 3.46. The van der Waals surface area contributed by atoms with Crippen LogP contribution in [0.1, 0.15) is 22.8 Å². The summed E-state index contributed by atoms with van der Waals surface area (Å²) in [6.07, 6.45) is 0. The van der Waals surface area contributed by atoms with E-state index in [0.29, 0.717) is 0 Å². The van der Waals surface area contributed by atoms with Crippen LogP contribution in [0.25, 0.3) is 0 Å². The predicted molar refractivity (Wildman–Crippen MR) is 77.0 cm³/mol. The molecule has 0 spiro atoms. The second-order valence-electron chi connectivity index (χ2n) is 4.14. The first-order chi connectivity index (χ1) is 9.89. The fourth-order valence-corrected chi connectivity index (χ4v) is 2.21. The summed E-state index contributed by atoms with van der Waals surface area (Å²) >= 11 is 0. The average molecular weight is 313 g/mol. The monoisotopic (exact) mass is 313 g/mol. The van der Waals surface area contributed by atoms with Crippen LogP contribution in [0, 0.1) is 17.7 Å². The number of aliphatic hydroxyl groups is 1. The zero-order valence-electron chi connectivity index (χ0n) is 11.5. The Bertz CT molecular complexity index is 674. The van der Waals surface area contributed by atoms with E-state index in [-0.39, 0.29) is 29.2 Å². The molecule has 1 aromatic rings. The molecule has 1 rings (SSSR count). The quantitative estimate of drug-likeness (QED) is 0.768. The third kappa shape index (κ3) is 5.53. The molecule has 2 N–H and O–H groups in total. The van der Waals surface area contributed by atoms with Crippen LogP contribution < -0.4 is 5.32 Å². The van der Waals surface area contributed by atoms with Crippen LogP contribution in [0.3, 0.4) is 0 Å². The third-order valence-electron chi connectivity index (χ3n) is 2.67. The zero-order chi connectivity index (χ0) is 15.9. The molecular weight excluding hydrogens is 297 g/mol. The Morgan fingerprint density at radius 3 is 2.76 bits per heavy atom. The van der Waals surface area contributed by atoms with Crippen LogP contribution in [0.2, 0.25) is 0 Å². The third-order valence-corrected chi connectivity index (χ3v) is 4.37. The Labute approximate surface area is 123 Å². The minimum absolute atomic E-state index is 0.00659. The van der Waals surface area contributed by atoms with Crippen molar-refractivity contribution in [2.45, 2.75) is 6.92 Å². The number of hydrogen-bond donors (Lipinski definition) is 2. The minimum atomic E-state index is -3.16. The smallest absolute Gasteiger partial charge is 0.252 e. The maximum atomic E-state index is 13.2. The highest BCUT2D eigenvalue weighted by Gasteiger charge is 2.13. The Morgan fingerprint density at radius 2 is 2.14 bits per heavy atom. The van der Waals surface area contributed by atoms with Crippen LogP contribution in [0.4, 0.5) is 4.39 Å². The van der Waals surface area contributed by atoms with Crippen molar-refractivity contribution in [1.29, 1.82) is 0 Å². The predicted octanol–water partition coefficient (Wildman–Crippen LogP) is 0.334. The van der Waals surface area contributed by atoms with Crippen molar-refractivity contribution in [3.8, 4) is 11.8 Å². The molecule has 21 heavy (non-hydrogen) atoms. The molecule has 0 aliphatic carbocycles. The van der Waals surface area contributed by atoms with Gasteiger partial charge in [0, 0.05) is 17.9 Å². The standard InChI is InChI=1S/C14H16FNO4S/c1-2-21(19,20)9-7-16-14(18)13-6-5-12(15)10-11(13)4-3-8-17/h5-6,10,17H,2,7-9H2,1H3,(H,16,18). The number of nitrogens with one attached hydrogen (secondary N) is 1. The normalized spacial score (nSPS) is 10.6. The number of hydrogen-bond acceptors (Lipinski definition) is 4. The molecular formula is C14H16FNO4S. The van der Waals surface area contributed by atoms with E-state index >= 15 is 0 Å². The summed E-state index contributed by atoms with van der Waals surface area (Å²) in [6.45, 7) is 1.09. The van der Waals surface area contributed by atoms with Crippen molar-refractivity contribution in [2.75, 3.05) is 24.7 Å². The van der Waals surface area contributed by atoms with E-state index in [1.165, 1.54) is 13.0 Å². The molecule has 0 atom stereocenters. The average Bonchev–Trinajstić information content (AvgIpc) is 2.44. The Morgan fingerprint density at radius 1 is 1.43 bits per heavy atom. The van der Waals surface area contributed by atoms with Gasteiger partial charge in [0.05, 0.1) is 11.3 Å². The molecule has 0 bridgehead atoms. The van der Waals surface area contributed by atoms with E-state index in [9.17, 15) is 17.6 Å². The Hall–Kier alpha value is -1.91. The van der Waals surface area contributed by atoms with Crippen LogP contribution >= 0.6 is 0 Å². The van der Waals surface area contributed by atoms with Crippen molar-refractivity contribution in [3.63, 3.8) is 0 Å². The molecule has 0 fully saturated rings. The van der Waals surface area contributed by atoms with Crippen LogP contribution in [-0.2, 0) is 9.84 Å². The minimum Gasteiger partial charge on any atom is -0.384 e. The van der Waals surface area contributed by atoms with Gasteiger partial charge in [-0.2, -0.15) is 0 Å². The van der Waals surface area contributed by atoms with Gasteiger partial charge in [-0.15, -0.1) is 0 Å². The number of carbonyl (C=O) groups is 1. The van der Waals surface area contributed by atoms with Crippen LogP contribution in [0.15, 0.2) is 18.2 Å². The molecule has 0 aromatic heterocycles. The fourth-order valence-electron chi connectivity index (χ4n) is 1.51. The fraction of sp³-hybridized carbons (Fsp3) is 0.357. The van der Waals surface area contributed by atoms with Crippen molar-refractivity contribution in [3.05, 3.63) is 35.1 Å². The molecule has 0 aliphatic heterocycles. The van der Waals surface area contributed by atoms with Gasteiger partial charge in [0.2, 0.25) is 0 Å². The van der Waals surface area contributed by atoms with E-state index in [1.807, 2.05) is 0 Å². The molecule has 114 valence electrons. The molecule has 0 aliphatic rings. The molecule has 0 heterocycles. The Balaban J connectivity index is 2.83. The molecule has 0 unspecified atom stereocenters. The lowest BCUT2D eigenvalue weighted by Gasteiger charge is -2.07. The van der Waals surface area contributed by atoms with Gasteiger partial charge in [-0.05, 0) is 18.2 Å². The summed E-state index contributed by atoms with van der Waals surface area (Å²) in [5.41, 5.74) is 0.270. The second-order valence-corrected chi connectivity index (χ2v) is 6.61. The van der Waals surface area contributed by atoms with Gasteiger partial charge in [0.1, 0.15) is 12.4 Å². The van der Waals surface area contributed by atoms with Gasteiger partial charge < -0.3 is 10.4 Å². The van der Waals surface area contributed by atoms with Crippen LogP contribution in [-0.4, -0.2) is 44.1 Å². The number of amides is 1. The highest BCUT2D eigenvalue weighted by Crippen LogP contribution is 2.10. The molecule has 0 radical (unpaired) electrons.